The molecule has 1 heterocycles. The number of carbonyl (C=O) groups is 1. The Morgan fingerprint density at radius 3 is 2.57 bits per heavy atom. The molecular weight excluding hydrogens is 309 g/mol. The van der Waals surface area contributed by atoms with Gasteiger partial charge in [0.1, 0.15) is 5.52 Å². The summed E-state index contributed by atoms with van der Waals surface area (Å²) in [5, 5.41) is 9.87. The number of rotatable bonds is 3. The van der Waals surface area contributed by atoms with Crippen molar-refractivity contribution in [2.45, 2.75) is 12.7 Å². The first kappa shape index (κ1) is 15.0. The van der Waals surface area contributed by atoms with Crippen LogP contribution in [0.4, 0.5) is 18.9 Å². The number of benzene rings is 2. The Hall–Kier alpha value is -2.90. The fraction of sp³-hybridized carbons (Fsp3) is 0.133. The molecule has 0 aliphatic rings. The van der Waals surface area contributed by atoms with E-state index in [4.69, 9.17) is 0 Å². The van der Waals surface area contributed by atoms with Crippen LogP contribution in [-0.4, -0.2) is 27.1 Å². The molecule has 0 fully saturated rings. The molecule has 0 aliphatic heterocycles. The number of fused-ring (bicyclic) bond motifs is 1. The van der Waals surface area contributed by atoms with Gasteiger partial charge >= 0.3 is 12.1 Å². The fourth-order valence-corrected chi connectivity index (χ4v) is 2.17. The Morgan fingerprint density at radius 1 is 1.09 bits per heavy atom. The zero-order valence-electron chi connectivity index (χ0n) is 11.7. The lowest BCUT2D eigenvalue weighted by atomic mass is 10.1. The van der Waals surface area contributed by atoms with Crippen molar-refractivity contribution in [2.24, 2.45) is 0 Å². The summed E-state index contributed by atoms with van der Waals surface area (Å²) in [7, 11) is 0. The van der Waals surface area contributed by atoms with Crippen LogP contribution >= 0.6 is 0 Å². The van der Waals surface area contributed by atoms with E-state index in [2.05, 4.69) is 10.3 Å². The van der Waals surface area contributed by atoms with Crippen LogP contribution in [0.15, 0.2) is 48.5 Å². The van der Waals surface area contributed by atoms with E-state index in [0.29, 0.717) is 11.1 Å². The molecule has 0 aliphatic carbocycles. The van der Waals surface area contributed by atoms with Crippen molar-refractivity contribution in [3.8, 4) is 0 Å². The van der Waals surface area contributed by atoms with E-state index in [0.717, 1.165) is 5.52 Å². The summed E-state index contributed by atoms with van der Waals surface area (Å²) < 4.78 is 38.8. The minimum atomic E-state index is -4.94. The molecule has 0 unspecified atom stereocenters. The lowest BCUT2D eigenvalue weighted by Gasteiger charge is -2.12. The van der Waals surface area contributed by atoms with Crippen molar-refractivity contribution >= 4 is 22.6 Å². The molecular formula is C15H11F3N4O. The molecule has 5 nitrogen and oxygen atoms in total. The van der Waals surface area contributed by atoms with E-state index in [1.54, 1.807) is 28.9 Å². The number of aromatic nitrogens is 3. The smallest absolute Gasteiger partial charge is 0.318 e. The second-order valence-electron chi connectivity index (χ2n) is 4.84. The highest BCUT2D eigenvalue weighted by Gasteiger charge is 2.38. The van der Waals surface area contributed by atoms with E-state index in [1.165, 1.54) is 6.07 Å². The average Bonchev–Trinajstić information content (AvgIpc) is 2.91. The Balaban J connectivity index is 1.90. The number of alkyl halides is 3. The Bertz CT molecular complexity index is 857. The number of nitrogens with one attached hydrogen (secondary N) is 1. The lowest BCUT2D eigenvalue weighted by Crippen LogP contribution is -2.30. The summed E-state index contributed by atoms with van der Waals surface area (Å²) in [6.45, 7) is 0.189. The highest BCUT2D eigenvalue weighted by Crippen LogP contribution is 2.22. The standard InChI is InChI=1S/C15H11F3N4O/c16-15(17,18)14(23)19-11-6-2-1-5-10(11)9-22-13-8-4-3-7-12(13)20-21-22/h1-8H,9H2,(H,19,23). The third kappa shape index (κ3) is 3.15. The number of halogens is 3. The van der Waals surface area contributed by atoms with Crippen molar-refractivity contribution < 1.29 is 18.0 Å². The summed E-state index contributed by atoms with van der Waals surface area (Å²) in [6, 6.07) is 13.5. The van der Waals surface area contributed by atoms with Crippen LogP contribution in [0.1, 0.15) is 5.56 Å². The van der Waals surface area contributed by atoms with Gasteiger partial charge in [0.05, 0.1) is 12.1 Å². The van der Waals surface area contributed by atoms with Gasteiger partial charge in [0.25, 0.3) is 0 Å². The third-order valence-corrected chi connectivity index (χ3v) is 3.26. The van der Waals surface area contributed by atoms with Gasteiger partial charge in [-0.05, 0) is 23.8 Å². The zero-order chi connectivity index (χ0) is 16.4. The van der Waals surface area contributed by atoms with Crippen LogP contribution in [0, 0.1) is 0 Å². The normalized spacial score (nSPS) is 11.6. The van der Waals surface area contributed by atoms with Crippen molar-refractivity contribution in [3.05, 3.63) is 54.1 Å². The number of hydrogen-bond donors (Lipinski definition) is 1. The predicted octanol–water partition coefficient (Wildman–Crippen LogP) is 2.98. The molecule has 8 heteroatoms. The molecule has 118 valence electrons. The molecule has 3 rings (SSSR count). The van der Waals surface area contributed by atoms with Gasteiger partial charge in [0.15, 0.2) is 0 Å². The number of carbonyl (C=O) groups excluding carboxylic acids is 1. The van der Waals surface area contributed by atoms with E-state index < -0.39 is 12.1 Å². The minimum Gasteiger partial charge on any atom is -0.318 e. The molecule has 0 spiro atoms. The van der Waals surface area contributed by atoms with E-state index in [1.807, 2.05) is 23.5 Å². The fourth-order valence-electron chi connectivity index (χ4n) is 2.17. The van der Waals surface area contributed by atoms with Gasteiger partial charge in [0, 0.05) is 5.69 Å². The molecule has 0 atom stereocenters. The van der Waals surface area contributed by atoms with Crippen LogP contribution < -0.4 is 5.32 Å². The lowest BCUT2D eigenvalue weighted by molar-refractivity contribution is -0.167. The molecule has 0 bridgehead atoms. The highest BCUT2D eigenvalue weighted by atomic mass is 19.4. The molecule has 0 radical (unpaired) electrons. The average molecular weight is 320 g/mol. The van der Waals surface area contributed by atoms with Crippen molar-refractivity contribution in [1.29, 1.82) is 0 Å². The number of anilines is 1. The van der Waals surface area contributed by atoms with Crippen molar-refractivity contribution in [3.63, 3.8) is 0 Å². The van der Waals surface area contributed by atoms with Gasteiger partial charge in [-0.2, -0.15) is 13.2 Å². The Morgan fingerprint density at radius 2 is 1.78 bits per heavy atom. The van der Waals surface area contributed by atoms with Gasteiger partial charge in [-0.3, -0.25) is 4.79 Å². The Kier molecular flexibility index (Phi) is 3.73. The van der Waals surface area contributed by atoms with Crippen LogP contribution in [0.2, 0.25) is 0 Å². The molecule has 1 amide bonds. The van der Waals surface area contributed by atoms with Crippen LogP contribution in [0.25, 0.3) is 11.0 Å². The SMILES string of the molecule is O=C(Nc1ccccc1Cn1nnc2ccccc21)C(F)(F)F. The summed E-state index contributed by atoms with van der Waals surface area (Å²) in [6.07, 6.45) is -4.94. The maximum absolute atomic E-state index is 12.4. The largest absolute Gasteiger partial charge is 0.471 e. The van der Waals surface area contributed by atoms with Crippen molar-refractivity contribution in [2.75, 3.05) is 5.32 Å². The van der Waals surface area contributed by atoms with Crippen molar-refractivity contribution in [1.82, 2.24) is 15.0 Å². The second kappa shape index (κ2) is 5.71. The number of para-hydroxylation sites is 2. The second-order valence-corrected chi connectivity index (χ2v) is 4.84. The maximum atomic E-state index is 12.4. The van der Waals surface area contributed by atoms with Crippen LogP contribution in [0.5, 0.6) is 0 Å². The van der Waals surface area contributed by atoms with E-state index >= 15 is 0 Å². The zero-order valence-corrected chi connectivity index (χ0v) is 11.7. The predicted molar refractivity (Wildman–Crippen MR) is 77.8 cm³/mol. The van der Waals surface area contributed by atoms with Gasteiger partial charge < -0.3 is 5.32 Å². The molecule has 23 heavy (non-hydrogen) atoms. The third-order valence-electron chi connectivity index (χ3n) is 3.26. The van der Waals surface area contributed by atoms with Gasteiger partial charge in [-0.15, -0.1) is 5.10 Å². The quantitative estimate of drug-likeness (QED) is 0.807. The van der Waals surface area contributed by atoms with Crippen LogP contribution in [0.3, 0.4) is 0 Å². The van der Waals surface area contributed by atoms with Crippen LogP contribution in [-0.2, 0) is 11.3 Å². The number of hydrogen-bond acceptors (Lipinski definition) is 3. The summed E-state index contributed by atoms with van der Waals surface area (Å²) >= 11 is 0. The summed E-state index contributed by atoms with van der Waals surface area (Å²) in [5.41, 5.74) is 2.03. The first-order valence-corrected chi connectivity index (χ1v) is 6.69. The number of nitrogens with zero attached hydrogens (tertiary/aromatic N) is 3. The highest BCUT2D eigenvalue weighted by molar-refractivity contribution is 5.95. The molecule has 0 saturated heterocycles. The minimum absolute atomic E-state index is 0.0920. The van der Waals surface area contributed by atoms with Gasteiger partial charge in [-0.1, -0.05) is 35.5 Å². The monoisotopic (exact) mass is 320 g/mol. The molecule has 3 aromatic rings. The first-order chi connectivity index (χ1) is 10.9. The Labute approximate surface area is 128 Å². The summed E-state index contributed by atoms with van der Waals surface area (Å²) in [5.74, 6) is -2.01. The van der Waals surface area contributed by atoms with E-state index in [-0.39, 0.29) is 12.2 Å². The topological polar surface area (TPSA) is 59.8 Å². The van der Waals surface area contributed by atoms with Gasteiger partial charge in [0.2, 0.25) is 0 Å². The first-order valence-electron chi connectivity index (χ1n) is 6.69. The molecule has 1 aromatic heterocycles. The maximum Gasteiger partial charge on any atom is 0.471 e. The molecule has 1 N–H and O–H groups in total. The molecule has 0 saturated carbocycles. The molecule has 2 aromatic carbocycles. The number of amides is 1. The summed E-state index contributed by atoms with van der Waals surface area (Å²) in [4.78, 5) is 11.1. The van der Waals surface area contributed by atoms with Gasteiger partial charge in [-0.25, -0.2) is 4.68 Å². The van der Waals surface area contributed by atoms with E-state index in [9.17, 15) is 18.0 Å².